The minimum absolute atomic E-state index is 0.108. The lowest BCUT2D eigenvalue weighted by atomic mass is 10.1. The molecule has 0 N–H and O–H groups in total. The molecule has 0 radical (unpaired) electrons. The fourth-order valence-corrected chi connectivity index (χ4v) is 2.91. The molecular formula is C22H18NO3+. The van der Waals surface area contributed by atoms with Crippen molar-refractivity contribution in [1.82, 2.24) is 0 Å². The Hall–Kier alpha value is -3.40. The van der Waals surface area contributed by atoms with Crippen molar-refractivity contribution in [2.45, 2.75) is 6.54 Å². The lowest BCUT2D eigenvalue weighted by Crippen LogP contribution is -2.33. The smallest absolute Gasteiger partial charge is 0.231 e. The van der Waals surface area contributed by atoms with Crippen molar-refractivity contribution in [3.05, 3.63) is 95.5 Å². The zero-order valence-corrected chi connectivity index (χ0v) is 14.4. The summed E-state index contributed by atoms with van der Waals surface area (Å²) in [5.74, 6) is 1.42. The fraction of sp³-hybridized carbons (Fsp3) is 0.0909. The summed E-state index contributed by atoms with van der Waals surface area (Å²) in [4.78, 5) is 12.5. The number of rotatable bonds is 4. The van der Waals surface area contributed by atoms with E-state index in [0.717, 1.165) is 12.1 Å². The molecule has 0 amide bonds. The summed E-state index contributed by atoms with van der Waals surface area (Å²) in [5.41, 5.74) is 2.71. The summed E-state index contributed by atoms with van der Waals surface area (Å²) in [6.07, 6.45) is 5.76. The lowest BCUT2D eigenvalue weighted by Gasteiger charge is -2.01. The van der Waals surface area contributed by atoms with Gasteiger partial charge in [0.15, 0.2) is 24.7 Å². The van der Waals surface area contributed by atoms with Crippen LogP contribution in [0.2, 0.25) is 0 Å². The number of ketones is 1. The van der Waals surface area contributed by atoms with Crippen LogP contribution in [0.3, 0.4) is 0 Å². The summed E-state index contributed by atoms with van der Waals surface area (Å²) < 4.78 is 13.0. The number of allylic oxidation sites excluding steroid dienone is 1. The maximum Gasteiger partial charge on any atom is 0.231 e. The molecule has 0 saturated heterocycles. The van der Waals surface area contributed by atoms with E-state index < -0.39 is 0 Å². The summed E-state index contributed by atoms with van der Waals surface area (Å²) in [6.45, 7) is 0.804. The van der Waals surface area contributed by atoms with Crippen molar-refractivity contribution in [2.75, 3.05) is 7.11 Å². The number of aromatic nitrogens is 1. The largest absolute Gasteiger partial charge is 0.497 e. The number of carbonyl (C=O) groups is 1. The molecule has 1 aliphatic rings. The lowest BCUT2D eigenvalue weighted by molar-refractivity contribution is -0.688. The van der Waals surface area contributed by atoms with Gasteiger partial charge in [-0.05, 0) is 23.8 Å². The van der Waals surface area contributed by atoms with Crippen molar-refractivity contribution in [3.63, 3.8) is 0 Å². The quantitative estimate of drug-likeness (QED) is 0.536. The summed E-state index contributed by atoms with van der Waals surface area (Å²) in [5, 5.41) is 0. The van der Waals surface area contributed by atoms with Crippen molar-refractivity contribution < 1.29 is 18.8 Å². The van der Waals surface area contributed by atoms with Crippen LogP contribution in [0.4, 0.5) is 0 Å². The van der Waals surface area contributed by atoms with E-state index in [4.69, 9.17) is 9.47 Å². The second-order valence-electron chi connectivity index (χ2n) is 6.09. The van der Waals surface area contributed by atoms with E-state index in [0.29, 0.717) is 22.8 Å². The highest BCUT2D eigenvalue weighted by Crippen LogP contribution is 2.34. The molecule has 0 spiro atoms. The van der Waals surface area contributed by atoms with Gasteiger partial charge in [0.05, 0.1) is 12.7 Å². The van der Waals surface area contributed by atoms with Crippen LogP contribution < -0.4 is 14.0 Å². The second kappa shape index (κ2) is 6.84. The summed E-state index contributed by atoms with van der Waals surface area (Å²) >= 11 is 0. The van der Waals surface area contributed by atoms with E-state index in [9.17, 15) is 4.79 Å². The van der Waals surface area contributed by atoms with E-state index >= 15 is 0 Å². The fourth-order valence-electron chi connectivity index (χ4n) is 2.91. The first-order chi connectivity index (χ1) is 12.7. The molecule has 26 heavy (non-hydrogen) atoms. The van der Waals surface area contributed by atoms with Gasteiger partial charge in [-0.3, -0.25) is 4.79 Å². The van der Waals surface area contributed by atoms with Crippen LogP contribution in [0.1, 0.15) is 21.5 Å². The van der Waals surface area contributed by atoms with Crippen LogP contribution >= 0.6 is 0 Å². The Bertz CT molecular complexity index is 976. The van der Waals surface area contributed by atoms with Gasteiger partial charge < -0.3 is 9.47 Å². The SMILES string of the molecule is COc1ccc2c(c1)O/C(=C\c1cc[n+](Cc3ccccc3)cc1)C2=O. The van der Waals surface area contributed by atoms with Gasteiger partial charge in [0.1, 0.15) is 11.5 Å². The summed E-state index contributed by atoms with van der Waals surface area (Å²) in [7, 11) is 1.59. The zero-order valence-electron chi connectivity index (χ0n) is 14.4. The minimum Gasteiger partial charge on any atom is -0.497 e. The molecular weight excluding hydrogens is 326 g/mol. The van der Waals surface area contributed by atoms with Gasteiger partial charge in [-0.1, -0.05) is 30.3 Å². The molecule has 0 saturated carbocycles. The van der Waals surface area contributed by atoms with Crippen molar-refractivity contribution in [1.29, 1.82) is 0 Å². The molecule has 0 unspecified atom stereocenters. The molecule has 1 aliphatic heterocycles. The number of pyridine rings is 1. The number of Topliss-reactive ketones (excluding diaryl/α,β-unsaturated/α-hetero) is 1. The normalized spacial score (nSPS) is 14.2. The third-order valence-electron chi connectivity index (χ3n) is 4.30. The van der Waals surface area contributed by atoms with Gasteiger partial charge in [-0.2, -0.15) is 0 Å². The Balaban J connectivity index is 1.53. The number of hydrogen-bond donors (Lipinski definition) is 0. The van der Waals surface area contributed by atoms with Gasteiger partial charge in [0, 0.05) is 23.8 Å². The van der Waals surface area contributed by atoms with Crippen LogP contribution in [-0.2, 0) is 6.54 Å². The molecule has 2 aromatic carbocycles. The van der Waals surface area contributed by atoms with Gasteiger partial charge >= 0.3 is 0 Å². The Morgan fingerprint density at radius 1 is 1.04 bits per heavy atom. The van der Waals surface area contributed by atoms with Gasteiger partial charge in [-0.15, -0.1) is 0 Å². The molecule has 0 fully saturated rings. The molecule has 4 heteroatoms. The number of benzene rings is 2. The van der Waals surface area contributed by atoms with Gasteiger partial charge in [0.2, 0.25) is 5.78 Å². The monoisotopic (exact) mass is 344 g/mol. The predicted molar refractivity (Wildman–Crippen MR) is 98.1 cm³/mol. The summed E-state index contributed by atoms with van der Waals surface area (Å²) in [6, 6.07) is 19.4. The molecule has 128 valence electrons. The van der Waals surface area contributed by atoms with Gasteiger partial charge in [0.25, 0.3) is 0 Å². The van der Waals surface area contributed by atoms with E-state index in [2.05, 4.69) is 16.7 Å². The molecule has 0 aliphatic carbocycles. The second-order valence-corrected chi connectivity index (χ2v) is 6.09. The molecule has 2 heterocycles. The predicted octanol–water partition coefficient (Wildman–Crippen LogP) is 3.65. The highest BCUT2D eigenvalue weighted by Gasteiger charge is 2.27. The molecule has 0 bridgehead atoms. The Kier molecular flexibility index (Phi) is 4.23. The van der Waals surface area contributed by atoms with Crippen LogP contribution in [0.25, 0.3) is 6.08 Å². The van der Waals surface area contributed by atoms with E-state index in [1.54, 1.807) is 31.4 Å². The van der Waals surface area contributed by atoms with Gasteiger partial charge in [-0.25, -0.2) is 4.57 Å². The topological polar surface area (TPSA) is 39.4 Å². The first kappa shape index (κ1) is 16.1. The number of fused-ring (bicyclic) bond motifs is 1. The Morgan fingerprint density at radius 2 is 1.81 bits per heavy atom. The Labute approximate surface area is 151 Å². The third kappa shape index (κ3) is 3.22. The van der Waals surface area contributed by atoms with Crippen LogP contribution in [0.5, 0.6) is 11.5 Å². The van der Waals surface area contributed by atoms with Crippen molar-refractivity contribution in [3.8, 4) is 11.5 Å². The molecule has 4 rings (SSSR count). The Morgan fingerprint density at radius 3 is 2.54 bits per heavy atom. The molecule has 1 aromatic heterocycles. The van der Waals surface area contributed by atoms with Crippen LogP contribution in [0, 0.1) is 0 Å². The van der Waals surface area contributed by atoms with Crippen LogP contribution in [0.15, 0.2) is 78.8 Å². The number of hydrogen-bond acceptors (Lipinski definition) is 3. The first-order valence-corrected chi connectivity index (χ1v) is 8.38. The van der Waals surface area contributed by atoms with Crippen molar-refractivity contribution in [2.24, 2.45) is 0 Å². The highest BCUT2D eigenvalue weighted by molar-refractivity contribution is 6.14. The number of ether oxygens (including phenoxy) is 2. The minimum atomic E-state index is -0.108. The standard InChI is InChI=1S/C22H18NO3/c1-25-18-7-8-19-20(14-18)26-21(22(19)24)13-16-9-11-23(12-10-16)15-17-5-3-2-4-6-17/h2-14H,15H2,1H3/q+1/b21-13-. The van der Waals surface area contributed by atoms with E-state index in [1.807, 2.05) is 42.7 Å². The highest BCUT2D eigenvalue weighted by atomic mass is 16.5. The first-order valence-electron chi connectivity index (χ1n) is 8.38. The third-order valence-corrected chi connectivity index (χ3v) is 4.30. The average Bonchev–Trinajstić information content (AvgIpc) is 2.99. The molecule has 0 atom stereocenters. The maximum absolute atomic E-state index is 12.5. The zero-order chi connectivity index (χ0) is 17.9. The number of methoxy groups -OCH3 is 1. The maximum atomic E-state index is 12.5. The number of nitrogens with zero attached hydrogens (tertiary/aromatic N) is 1. The average molecular weight is 344 g/mol. The van der Waals surface area contributed by atoms with E-state index in [-0.39, 0.29) is 5.78 Å². The van der Waals surface area contributed by atoms with Crippen molar-refractivity contribution >= 4 is 11.9 Å². The van der Waals surface area contributed by atoms with E-state index in [1.165, 1.54) is 5.56 Å². The van der Waals surface area contributed by atoms with Crippen LogP contribution in [-0.4, -0.2) is 12.9 Å². The molecule has 3 aromatic rings. The molecule has 4 nitrogen and oxygen atoms in total. The number of carbonyl (C=O) groups excluding carboxylic acids is 1.